The topological polar surface area (TPSA) is 152 Å². The standard InChI is InChI=1S/2C15H25NO5/c1-19-14(17)6-7-15(18)21-11-5-3-2-4-8-16-9-12-20-13-10-16;1-12(14(17)18)13(15(19)20)6-4-2-3-5-7-16-8-10-21-11-9-16/h6-7H,2-5,8-13H2,1H3;2-11H2,1H3,(H,17,18)(H,19,20). The quantitative estimate of drug-likeness (QED) is 0.136. The van der Waals surface area contributed by atoms with Gasteiger partial charge in [-0.1, -0.05) is 25.7 Å². The average molecular weight is 599 g/mol. The number of ether oxygens (including phenoxy) is 4. The van der Waals surface area contributed by atoms with Crippen LogP contribution in [0.1, 0.15) is 64.7 Å². The molecule has 2 heterocycles. The third-order valence-electron chi connectivity index (χ3n) is 7.06. The van der Waals surface area contributed by atoms with Crippen molar-refractivity contribution in [1.29, 1.82) is 0 Å². The number of carboxylic acids is 2. The van der Waals surface area contributed by atoms with Gasteiger partial charge in [0.2, 0.25) is 0 Å². The van der Waals surface area contributed by atoms with Gasteiger partial charge in [0.25, 0.3) is 0 Å². The molecule has 2 fully saturated rings. The van der Waals surface area contributed by atoms with Crippen LogP contribution >= 0.6 is 0 Å². The fourth-order valence-electron chi connectivity index (χ4n) is 4.44. The molecule has 42 heavy (non-hydrogen) atoms. The number of hydrogen-bond acceptors (Lipinski definition) is 10. The summed E-state index contributed by atoms with van der Waals surface area (Å²) in [5.41, 5.74) is -0.0357. The van der Waals surface area contributed by atoms with Gasteiger partial charge in [-0.15, -0.1) is 0 Å². The number of unbranched alkanes of at least 4 members (excludes halogenated alkanes) is 6. The van der Waals surface area contributed by atoms with Gasteiger partial charge in [-0.2, -0.15) is 0 Å². The molecule has 2 aliphatic rings. The summed E-state index contributed by atoms with van der Waals surface area (Å²) in [7, 11) is 1.26. The van der Waals surface area contributed by atoms with E-state index in [9.17, 15) is 19.2 Å². The Kier molecular flexibility index (Phi) is 21.0. The molecule has 0 atom stereocenters. The van der Waals surface area contributed by atoms with E-state index in [0.29, 0.717) is 13.0 Å². The number of carbonyl (C=O) groups excluding carboxylic acids is 2. The van der Waals surface area contributed by atoms with Gasteiger partial charge < -0.3 is 29.2 Å². The molecule has 12 nitrogen and oxygen atoms in total. The van der Waals surface area contributed by atoms with Crippen LogP contribution in [0.3, 0.4) is 0 Å². The van der Waals surface area contributed by atoms with E-state index in [-0.39, 0.29) is 11.1 Å². The Morgan fingerprint density at radius 3 is 1.64 bits per heavy atom. The average Bonchev–Trinajstić information content (AvgIpc) is 2.99. The Morgan fingerprint density at radius 1 is 0.690 bits per heavy atom. The van der Waals surface area contributed by atoms with Gasteiger partial charge in [-0.3, -0.25) is 9.80 Å². The van der Waals surface area contributed by atoms with Gasteiger partial charge >= 0.3 is 23.9 Å². The molecule has 0 bridgehead atoms. The summed E-state index contributed by atoms with van der Waals surface area (Å²) < 4.78 is 19.9. The highest BCUT2D eigenvalue weighted by Crippen LogP contribution is 2.15. The second kappa shape index (κ2) is 23.7. The van der Waals surface area contributed by atoms with Gasteiger partial charge in [-0.25, -0.2) is 19.2 Å². The lowest BCUT2D eigenvalue weighted by Gasteiger charge is -2.26. The minimum Gasteiger partial charge on any atom is -0.478 e. The number of morpholine rings is 2. The smallest absolute Gasteiger partial charge is 0.332 e. The molecule has 0 aromatic carbocycles. The zero-order chi connectivity index (χ0) is 31.0. The van der Waals surface area contributed by atoms with E-state index in [2.05, 4.69) is 14.5 Å². The number of esters is 2. The number of carboxylic acid groups (broad SMARTS) is 2. The second-order valence-corrected chi connectivity index (χ2v) is 10.2. The summed E-state index contributed by atoms with van der Waals surface area (Å²) in [6.45, 7) is 11.3. The molecule has 12 heteroatoms. The Hall–Kier alpha value is -2.80. The Balaban J connectivity index is 0.000000420. The predicted octanol–water partition coefficient (Wildman–Crippen LogP) is 2.91. The summed E-state index contributed by atoms with van der Waals surface area (Å²) in [5, 5.41) is 17.9. The number of aliphatic carboxylic acids is 2. The van der Waals surface area contributed by atoms with Crippen LogP contribution in [-0.4, -0.2) is 123 Å². The van der Waals surface area contributed by atoms with Crippen molar-refractivity contribution in [2.45, 2.75) is 64.7 Å². The molecule has 2 aliphatic heterocycles. The van der Waals surface area contributed by atoms with Crippen LogP contribution in [0.2, 0.25) is 0 Å². The lowest BCUT2D eigenvalue weighted by atomic mass is 10.0. The van der Waals surface area contributed by atoms with Crippen molar-refractivity contribution in [2.24, 2.45) is 0 Å². The molecule has 240 valence electrons. The summed E-state index contributed by atoms with van der Waals surface area (Å²) in [6, 6.07) is 0. The van der Waals surface area contributed by atoms with Gasteiger partial charge in [0.05, 0.1) is 40.1 Å². The molecule has 0 saturated carbocycles. The summed E-state index contributed by atoms with van der Waals surface area (Å²) in [6.07, 6.45) is 10.4. The maximum atomic E-state index is 11.2. The van der Waals surface area contributed by atoms with Crippen molar-refractivity contribution in [3.63, 3.8) is 0 Å². The molecule has 0 radical (unpaired) electrons. The zero-order valence-corrected chi connectivity index (χ0v) is 25.4. The van der Waals surface area contributed by atoms with E-state index < -0.39 is 23.9 Å². The van der Waals surface area contributed by atoms with E-state index >= 15 is 0 Å². The molecule has 2 saturated heterocycles. The van der Waals surface area contributed by atoms with Crippen LogP contribution in [0, 0.1) is 0 Å². The third kappa shape index (κ3) is 18.6. The van der Waals surface area contributed by atoms with Crippen molar-refractivity contribution >= 4 is 23.9 Å². The van der Waals surface area contributed by atoms with Crippen LogP contribution in [0.5, 0.6) is 0 Å². The van der Waals surface area contributed by atoms with E-state index in [0.717, 1.165) is 129 Å². The van der Waals surface area contributed by atoms with Crippen molar-refractivity contribution in [2.75, 3.05) is 79.4 Å². The molecule has 2 rings (SSSR count). The number of methoxy groups -OCH3 is 1. The normalized spacial score (nSPS) is 16.7. The number of nitrogens with zero attached hydrogens (tertiary/aromatic N) is 2. The molecule has 0 aromatic heterocycles. The summed E-state index contributed by atoms with van der Waals surface area (Å²) >= 11 is 0. The first kappa shape index (κ1) is 37.2. The number of rotatable bonds is 18. The maximum absolute atomic E-state index is 11.2. The molecule has 0 aliphatic carbocycles. The van der Waals surface area contributed by atoms with Crippen LogP contribution in [-0.2, 0) is 38.1 Å². The maximum Gasteiger partial charge on any atom is 0.332 e. The molecular weight excluding hydrogens is 548 g/mol. The van der Waals surface area contributed by atoms with E-state index in [1.165, 1.54) is 14.0 Å². The van der Waals surface area contributed by atoms with Gasteiger partial charge in [0.1, 0.15) is 0 Å². The number of carbonyl (C=O) groups is 4. The van der Waals surface area contributed by atoms with Crippen molar-refractivity contribution < 1.29 is 48.3 Å². The zero-order valence-electron chi connectivity index (χ0n) is 25.4. The molecule has 0 unspecified atom stereocenters. The van der Waals surface area contributed by atoms with Crippen LogP contribution in [0.15, 0.2) is 23.3 Å². The van der Waals surface area contributed by atoms with E-state index in [1.807, 2.05) is 0 Å². The SMILES string of the molecule is CC(C(=O)O)=C(CCCCCCN1CCOCC1)C(=O)O.COC(=O)C=CC(=O)OCCCCCCN1CCOCC1. The molecule has 0 amide bonds. The minimum atomic E-state index is -1.15. The Morgan fingerprint density at radius 2 is 1.17 bits per heavy atom. The van der Waals surface area contributed by atoms with E-state index in [1.54, 1.807) is 0 Å². The fraction of sp³-hybridized carbons (Fsp3) is 0.733. The van der Waals surface area contributed by atoms with Gasteiger partial charge in [-0.05, 0) is 52.1 Å². The highest BCUT2D eigenvalue weighted by atomic mass is 16.5. The van der Waals surface area contributed by atoms with Gasteiger partial charge in [0, 0.05) is 49.5 Å². The highest BCUT2D eigenvalue weighted by molar-refractivity contribution is 5.98. The van der Waals surface area contributed by atoms with Crippen molar-refractivity contribution in [1.82, 2.24) is 9.80 Å². The first-order valence-corrected chi connectivity index (χ1v) is 14.9. The molecule has 0 aromatic rings. The van der Waals surface area contributed by atoms with Crippen LogP contribution in [0.25, 0.3) is 0 Å². The predicted molar refractivity (Wildman–Crippen MR) is 156 cm³/mol. The van der Waals surface area contributed by atoms with E-state index in [4.69, 9.17) is 24.4 Å². The Bertz CT molecular complexity index is 862. The first-order chi connectivity index (χ1) is 20.2. The lowest BCUT2D eigenvalue weighted by molar-refractivity contribution is -0.139. The fourth-order valence-corrected chi connectivity index (χ4v) is 4.44. The van der Waals surface area contributed by atoms with Crippen molar-refractivity contribution in [3.8, 4) is 0 Å². The van der Waals surface area contributed by atoms with Gasteiger partial charge in [0.15, 0.2) is 0 Å². The first-order valence-electron chi connectivity index (χ1n) is 14.9. The number of hydrogen-bond donors (Lipinski definition) is 2. The minimum absolute atomic E-state index is 0.0238. The van der Waals surface area contributed by atoms with Crippen molar-refractivity contribution in [3.05, 3.63) is 23.3 Å². The summed E-state index contributed by atoms with van der Waals surface area (Å²) in [5.74, 6) is -3.34. The van der Waals surface area contributed by atoms with Crippen LogP contribution in [0.4, 0.5) is 0 Å². The van der Waals surface area contributed by atoms with Crippen LogP contribution < -0.4 is 0 Å². The highest BCUT2D eigenvalue weighted by Gasteiger charge is 2.16. The second-order valence-electron chi connectivity index (χ2n) is 10.2. The molecular formula is C30H50N2O10. The molecule has 0 spiro atoms. The molecule has 2 N–H and O–H groups in total. The Labute approximate surface area is 249 Å². The lowest BCUT2D eigenvalue weighted by Crippen LogP contribution is -2.36. The third-order valence-corrected chi connectivity index (χ3v) is 7.06. The largest absolute Gasteiger partial charge is 0.478 e. The monoisotopic (exact) mass is 598 g/mol. The summed E-state index contributed by atoms with van der Waals surface area (Å²) in [4.78, 5) is 48.6.